The van der Waals surface area contributed by atoms with Gasteiger partial charge in [0.1, 0.15) is 6.61 Å². The lowest BCUT2D eigenvalue weighted by atomic mass is 9.89. The molecule has 0 spiro atoms. The number of hydrogen-bond acceptors (Lipinski definition) is 3. The van der Waals surface area contributed by atoms with Gasteiger partial charge in [-0.1, -0.05) is 42.2 Å². The molecule has 1 aromatic heterocycles. The Hall–Kier alpha value is -1.60. The van der Waals surface area contributed by atoms with Gasteiger partial charge in [0, 0.05) is 5.56 Å². The molecule has 0 aliphatic rings. The quantitative estimate of drug-likeness (QED) is 0.811. The van der Waals surface area contributed by atoms with Gasteiger partial charge in [-0.3, -0.25) is 0 Å². The molecule has 3 heteroatoms. The molecule has 1 atom stereocenters. The smallest absolute Gasteiger partial charge is 0.186 e. The first-order valence-corrected chi connectivity index (χ1v) is 6.50. The second kappa shape index (κ2) is 5.36. The summed E-state index contributed by atoms with van der Waals surface area (Å²) in [5.41, 5.74) is 0.386. The maximum Gasteiger partial charge on any atom is 0.186 e. The Bertz CT molecular complexity index is 578. The molecule has 1 aromatic carbocycles. The van der Waals surface area contributed by atoms with Crippen LogP contribution in [0.1, 0.15) is 16.0 Å². The SMILES string of the molecule is Cc1ccccc1C(O)(C#CCO)c1cccs1. The van der Waals surface area contributed by atoms with Crippen molar-refractivity contribution in [2.45, 2.75) is 12.5 Å². The zero-order chi connectivity index (χ0) is 13.0. The minimum absolute atomic E-state index is 0.264. The Morgan fingerprint density at radius 1 is 1.22 bits per heavy atom. The van der Waals surface area contributed by atoms with Crippen molar-refractivity contribution in [3.8, 4) is 11.8 Å². The van der Waals surface area contributed by atoms with Crippen LogP contribution in [0.4, 0.5) is 0 Å². The van der Waals surface area contributed by atoms with Crippen LogP contribution < -0.4 is 0 Å². The molecule has 2 rings (SSSR count). The van der Waals surface area contributed by atoms with Crippen molar-refractivity contribution in [3.63, 3.8) is 0 Å². The lowest BCUT2D eigenvalue weighted by molar-refractivity contribution is 0.148. The van der Waals surface area contributed by atoms with E-state index >= 15 is 0 Å². The monoisotopic (exact) mass is 258 g/mol. The highest BCUT2D eigenvalue weighted by atomic mass is 32.1. The second-order valence-corrected chi connectivity index (χ2v) is 4.91. The number of aryl methyl sites for hydroxylation is 1. The summed E-state index contributed by atoms with van der Waals surface area (Å²) in [6, 6.07) is 11.3. The molecule has 2 N–H and O–H groups in total. The molecule has 0 aliphatic heterocycles. The van der Waals surface area contributed by atoms with Gasteiger partial charge in [-0.15, -0.1) is 11.3 Å². The largest absolute Gasteiger partial charge is 0.384 e. The Morgan fingerprint density at radius 2 is 2.00 bits per heavy atom. The standard InChI is InChI=1S/C15H14O2S/c1-12-6-2-3-7-13(12)15(17,9-5-10-16)14-8-4-11-18-14/h2-4,6-8,11,16-17H,10H2,1H3. The number of thiophene rings is 1. The summed E-state index contributed by atoms with van der Waals surface area (Å²) in [6.07, 6.45) is 0. The Labute approximate surface area is 111 Å². The molecule has 0 saturated heterocycles. The van der Waals surface area contributed by atoms with Crippen LogP contribution in [0.25, 0.3) is 0 Å². The van der Waals surface area contributed by atoms with Crippen molar-refractivity contribution in [1.82, 2.24) is 0 Å². The molecule has 1 unspecified atom stereocenters. The molecule has 0 bridgehead atoms. The van der Waals surface area contributed by atoms with Crippen LogP contribution in [-0.4, -0.2) is 16.8 Å². The van der Waals surface area contributed by atoms with Gasteiger partial charge in [-0.2, -0.15) is 0 Å². The van der Waals surface area contributed by atoms with E-state index in [-0.39, 0.29) is 6.61 Å². The lowest BCUT2D eigenvalue weighted by Crippen LogP contribution is -2.25. The molecule has 0 saturated carbocycles. The Balaban J connectivity index is 2.60. The van der Waals surface area contributed by atoms with E-state index in [4.69, 9.17) is 5.11 Å². The first-order chi connectivity index (χ1) is 8.68. The van der Waals surface area contributed by atoms with Crippen molar-refractivity contribution in [2.75, 3.05) is 6.61 Å². The van der Waals surface area contributed by atoms with Crippen LogP contribution in [0.2, 0.25) is 0 Å². The second-order valence-electron chi connectivity index (χ2n) is 3.96. The van der Waals surface area contributed by atoms with Gasteiger partial charge in [0.15, 0.2) is 5.60 Å². The molecule has 92 valence electrons. The molecule has 0 amide bonds. The third kappa shape index (κ3) is 2.32. The lowest BCUT2D eigenvalue weighted by Gasteiger charge is -2.23. The minimum atomic E-state index is -1.35. The van der Waals surface area contributed by atoms with Crippen LogP contribution in [0.5, 0.6) is 0 Å². The molecule has 0 radical (unpaired) electrons. The van der Waals surface area contributed by atoms with Crippen molar-refractivity contribution in [3.05, 3.63) is 57.8 Å². The van der Waals surface area contributed by atoms with Crippen LogP contribution in [0.15, 0.2) is 41.8 Å². The van der Waals surface area contributed by atoms with E-state index in [1.165, 1.54) is 11.3 Å². The molecule has 1 heterocycles. The summed E-state index contributed by atoms with van der Waals surface area (Å²) in [7, 11) is 0. The summed E-state index contributed by atoms with van der Waals surface area (Å²) in [6.45, 7) is 1.67. The first-order valence-electron chi connectivity index (χ1n) is 5.62. The Kier molecular flexibility index (Phi) is 3.83. The fourth-order valence-electron chi connectivity index (χ4n) is 1.89. The summed E-state index contributed by atoms with van der Waals surface area (Å²) < 4.78 is 0. The fraction of sp³-hybridized carbons (Fsp3) is 0.200. The highest BCUT2D eigenvalue weighted by molar-refractivity contribution is 7.10. The maximum atomic E-state index is 10.9. The molecule has 0 aliphatic carbocycles. The number of aliphatic hydroxyl groups excluding tert-OH is 1. The molecular formula is C15H14O2S. The summed E-state index contributed by atoms with van der Waals surface area (Å²) in [4.78, 5) is 0.762. The van der Waals surface area contributed by atoms with E-state index in [1.807, 2.05) is 48.7 Å². The van der Waals surface area contributed by atoms with Gasteiger partial charge in [0.05, 0.1) is 4.88 Å². The average Bonchev–Trinajstić information content (AvgIpc) is 2.91. The zero-order valence-corrected chi connectivity index (χ0v) is 10.9. The van der Waals surface area contributed by atoms with E-state index in [0.717, 1.165) is 16.0 Å². The predicted molar refractivity (Wildman–Crippen MR) is 73.4 cm³/mol. The minimum Gasteiger partial charge on any atom is -0.384 e. The van der Waals surface area contributed by atoms with Crippen molar-refractivity contribution < 1.29 is 10.2 Å². The third-order valence-corrected chi connectivity index (χ3v) is 3.74. The molecule has 18 heavy (non-hydrogen) atoms. The van der Waals surface area contributed by atoms with Gasteiger partial charge in [-0.25, -0.2) is 0 Å². The highest BCUT2D eigenvalue weighted by Gasteiger charge is 2.31. The van der Waals surface area contributed by atoms with Crippen LogP contribution in [0.3, 0.4) is 0 Å². The summed E-state index contributed by atoms with van der Waals surface area (Å²) in [5.74, 6) is 5.34. The van der Waals surface area contributed by atoms with Gasteiger partial charge in [-0.05, 0) is 23.9 Å². The van der Waals surface area contributed by atoms with E-state index in [2.05, 4.69) is 11.8 Å². The zero-order valence-electron chi connectivity index (χ0n) is 10.1. The van der Waals surface area contributed by atoms with Crippen molar-refractivity contribution >= 4 is 11.3 Å². The van der Waals surface area contributed by atoms with Gasteiger partial charge >= 0.3 is 0 Å². The normalized spacial score (nSPS) is 13.5. The van der Waals surface area contributed by atoms with Gasteiger partial charge < -0.3 is 10.2 Å². The number of aliphatic hydroxyl groups is 2. The Morgan fingerprint density at radius 3 is 2.61 bits per heavy atom. The highest BCUT2D eigenvalue weighted by Crippen LogP contribution is 2.33. The van der Waals surface area contributed by atoms with Gasteiger partial charge in [0.2, 0.25) is 0 Å². The van der Waals surface area contributed by atoms with Crippen LogP contribution in [0, 0.1) is 18.8 Å². The van der Waals surface area contributed by atoms with E-state index in [9.17, 15) is 5.11 Å². The van der Waals surface area contributed by atoms with Crippen molar-refractivity contribution in [1.29, 1.82) is 0 Å². The van der Waals surface area contributed by atoms with E-state index < -0.39 is 5.60 Å². The van der Waals surface area contributed by atoms with Crippen molar-refractivity contribution in [2.24, 2.45) is 0 Å². The predicted octanol–water partition coefficient (Wildman–Crippen LogP) is 2.29. The summed E-state index contributed by atoms with van der Waals surface area (Å²) in [5, 5.41) is 21.6. The summed E-state index contributed by atoms with van der Waals surface area (Å²) >= 11 is 1.45. The maximum absolute atomic E-state index is 10.9. The molecular weight excluding hydrogens is 244 g/mol. The number of benzene rings is 1. The van der Waals surface area contributed by atoms with Gasteiger partial charge in [0.25, 0.3) is 0 Å². The molecule has 2 aromatic rings. The third-order valence-electron chi connectivity index (χ3n) is 2.76. The molecule has 2 nitrogen and oxygen atoms in total. The fourth-order valence-corrected chi connectivity index (χ4v) is 2.68. The first kappa shape index (κ1) is 12.8. The van der Waals surface area contributed by atoms with E-state index in [1.54, 1.807) is 0 Å². The number of rotatable bonds is 2. The number of hydrogen-bond donors (Lipinski definition) is 2. The molecule has 0 fully saturated rings. The van der Waals surface area contributed by atoms with Crippen LogP contribution in [-0.2, 0) is 5.60 Å². The average molecular weight is 258 g/mol. The van der Waals surface area contributed by atoms with E-state index in [0.29, 0.717) is 0 Å². The van der Waals surface area contributed by atoms with Crippen LogP contribution >= 0.6 is 11.3 Å². The topological polar surface area (TPSA) is 40.5 Å².